The smallest absolute Gasteiger partial charge is 0.456 e. The maximum atomic E-state index is 12.6. The maximum Gasteiger partial charge on any atom is 0.456 e. The monoisotopic (exact) mass is 334 g/mol. The highest BCUT2D eigenvalue weighted by Crippen LogP contribution is 2.35. The summed E-state index contributed by atoms with van der Waals surface area (Å²) in [5.41, 5.74) is -1.37. The summed E-state index contributed by atoms with van der Waals surface area (Å²) in [6.07, 6.45) is -5.94. The summed E-state index contributed by atoms with van der Waals surface area (Å²) in [5.74, 6) is -7.46. The Balaban J connectivity index is 4.50. The van der Waals surface area contributed by atoms with E-state index in [9.17, 15) is 31.5 Å². The van der Waals surface area contributed by atoms with Crippen molar-refractivity contribution in [1.29, 1.82) is 0 Å². The fourth-order valence-electron chi connectivity index (χ4n) is 1.23. The number of ether oxygens (including phenoxy) is 2. The van der Waals surface area contributed by atoms with E-state index in [0.29, 0.717) is 6.42 Å². The average molecular weight is 334 g/mol. The van der Waals surface area contributed by atoms with Crippen LogP contribution in [-0.4, -0.2) is 36.2 Å². The van der Waals surface area contributed by atoms with Crippen LogP contribution in [0.2, 0.25) is 0 Å². The number of carbonyl (C=O) groups is 2. The molecule has 0 bridgehead atoms. The van der Waals surface area contributed by atoms with E-state index in [4.69, 9.17) is 4.74 Å². The van der Waals surface area contributed by atoms with Crippen molar-refractivity contribution >= 4 is 11.9 Å². The van der Waals surface area contributed by atoms with E-state index in [0.717, 1.165) is 0 Å². The zero-order chi connectivity index (χ0) is 17.8. The second kappa shape index (κ2) is 7.23. The molecule has 1 atom stereocenters. The minimum Gasteiger partial charge on any atom is -0.459 e. The fourth-order valence-corrected chi connectivity index (χ4v) is 1.23. The molecule has 0 saturated heterocycles. The van der Waals surface area contributed by atoms with E-state index in [1.165, 1.54) is 13.8 Å². The molecule has 130 valence electrons. The number of hydrogen-bond donors (Lipinski definition) is 0. The number of carbonyl (C=O) groups excluding carboxylic acids is 2. The minimum atomic E-state index is -5.80. The molecule has 0 aromatic heterocycles. The van der Waals surface area contributed by atoms with E-state index < -0.39 is 48.6 Å². The predicted molar refractivity (Wildman–Crippen MR) is 66.2 cm³/mol. The molecule has 0 saturated carbocycles. The van der Waals surface area contributed by atoms with Gasteiger partial charge in [0.15, 0.2) is 6.61 Å². The third-order valence-corrected chi connectivity index (χ3v) is 2.79. The molecule has 0 amide bonds. The molecule has 1 unspecified atom stereocenters. The predicted octanol–water partition coefficient (Wildman–Crippen LogP) is 3.49. The van der Waals surface area contributed by atoms with Crippen molar-refractivity contribution in [1.82, 2.24) is 0 Å². The standard InChI is InChI=1S/C13H19F5O4/c1-5-8(2)10(20)22-11(3,4)6-9(19)21-7-12(14,15)13(16,17)18/h8H,5-7H2,1-4H3. The van der Waals surface area contributed by atoms with E-state index in [1.54, 1.807) is 13.8 Å². The van der Waals surface area contributed by atoms with Crippen molar-refractivity contribution in [2.45, 2.75) is 58.2 Å². The van der Waals surface area contributed by atoms with Gasteiger partial charge in [-0.05, 0) is 20.3 Å². The minimum absolute atomic E-state index is 0.426. The molecule has 0 N–H and O–H groups in total. The lowest BCUT2D eigenvalue weighted by Gasteiger charge is -2.26. The van der Waals surface area contributed by atoms with Gasteiger partial charge >= 0.3 is 24.0 Å². The van der Waals surface area contributed by atoms with Crippen LogP contribution in [0.15, 0.2) is 0 Å². The number of rotatable bonds is 7. The highest BCUT2D eigenvalue weighted by atomic mass is 19.4. The van der Waals surface area contributed by atoms with Crippen molar-refractivity contribution in [2.75, 3.05) is 6.61 Å². The first kappa shape index (κ1) is 20.6. The first-order valence-electron chi connectivity index (χ1n) is 6.55. The molecule has 4 nitrogen and oxygen atoms in total. The number of hydrogen-bond acceptors (Lipinski definition) is 4. The van der Waals surface area contributed by atoms with Crippen LogP contribution in [0.5, 0.6) is 0 Å². The molecular weight excluding hydrogens is 315 g/mol. The Kier molecular flexibility index (Phi) is 6.77. The van der Waals surface area contributed by atoms with Gasteiger partial charge in [0, 0.05) is 0 Å². The Morgan fingerprint density at radius 2 is 1.59 bits per heavy atom. The molecule has 22 heavy (non-hydrogen) atoms. The molecule has 0 spiro atoms. The summed E-state index contributed by atoms with van der Waals surface area (Å²) >= 11 is 0. The van der Waals surface area contributed by atoms with Crippen LogP contribution in [0.25, 0.3) is 0 Å². The SMILES string of the molecule is CCC(C)C(=O)OC(C)(C)CC(=O)OCC(F)(F)C(F)(F)F. The summed E-state index contributed by atoms with van der Waals surface area (Å²) in [4.78, 5) is 22.9. The molecule has 0 aliphatic rings. The van der Waals surface area contributed by atoms with Gasteiger partial charge in [-0.2, -0.15) is 22.0 Å². The first-order chi connectivity index (χ1) is 9.72. The van der Waals surface area contributed by atoms with Gasteiger partial charge in [-0.15, -0.1) is 0 Å². The van der Waals surface area contributed by atoms with Crippen LogP contribution in [0.3, 0.4) is 0 Å². The molecule has 0 rings (SSSR count). The molecule has 0 radical (unpaired) electrons. The Labute approximate surface area is 124 Å². The molecule has 0 aromatic rings. The van der Waals surface area contributed by atoms with Crippen molar-refractivity contribution in [3.8, 4) is 0 Å². The summed E-state index contributed by atoms with van der Waals surface area (Å²) in [5, 5.41) is 0. The third-order valence-electron chi connectivity index (χ3n) is 2.79. The summed E-state index contributed by atoms with van der Waals surface area (Å²) in [6.45, 7) is 3.89. The van der Waals surface area contributed by atoms with Gasteiger partial charge in [0.25, 0.3) is 0 Å². The van der Waals surface area contributed by atoms with Crippen LogP contribution >= 0.6 is 0 Å². The van der Waals surface area contributed by atoms with Gasteiger partial charge in [-0.1, -0.05) is 13.8 Å². The van der Waals surface area contributed by atoms with Crippen LogP contribution in [0.4, 0.5) is 22.0 Å². The van der Waals surface area contributed by atoms with Crippen molar-refractivity contribution in [3.63, 3.8) is 0 Å². The lowest BCUT2D eigenvalue weighted by molar-refractivity contribution is -0.294. The second-order valence-corrected chi connectivity index (χ2v) is 5.53. The topological polar surface area (TPSA) is 52.6 Å². The van der Waals surface area contributed by atoms with Crippen LogP contribution in [0.1, 0.15) is 40.5 Å². The van der Waals surface area contributed by atoms with Gasteiger partial charge in [0.05, 0.1) is 12.3 Å². The molecule has 0 heterocycles. The van der Waals surface area contributed by atoms with E-state index in [2.05, 4.69) is 4.74 Å². The molecule has 0 aliphatic heterocycles. The molecule has 0 aromatic carbocycles. The van der Waals surface area contributed by atoms with Crippen molar-refractivity contribution in [3.05, 3.63) is 0 Å². The van der Waals surface area contributed by atoms with Gasteiger partial charge in [0.1, 0.15) is 5.60 Å². The van der Waals surface area contributed by atoms with Gasteiger partial charge in [0.2, 0.25) is 0 Å². The van der Waals surface area contributed by atoms with Gasteiger partial charge < -0.3 is 9.47 Å². The second-order valence-electron chi connectivity index (χ2n) is 5.53. The Bertz CT molecular complexity index is 404. The maximum absolute atomic E-state index is 12.6. The van der Waals surface area contributed by atoms with E-state index in [1.807, 2.05) is 0 Å². The number of alkyl halides is 5. The average Bonchev–Trinajstić information content (AvgIpc) is 2.32. The van der Waals surface area contributed by atoms with Gasteiger partial charge in [-0.25, -0.2) is 0 Å². The van der Waals surface area contributed by atoms with Gasteiger partial charge in [-0.3, -0.25) is 9.59 Å². The van der Waals surface area contributed by atoms with Crippen molar-refractivity contribution in [2.24, 2.45) is 5.92 Å². The Morgan fingerprint density at radius 1 is 1.09 bits per heavy atom. The summed E-state index contributed by atoms with van der Waals surface area (Å²) < 4.78 is 69.9. The highest BCUT2D eigenvalue weighted by molar-refractivity contribution is 5.74. The zero-order valence-electron chi connectivity index (χ0n) is 12.7. The van der Waals surface area contributed by atoms with Crippen LogP contribution in [0, 0.1) is 5.92 Å². The lowest BCUT2D eigenvalue weighted by atomic mass is 10.0. The normalized spacial score (nSPS) is 14.4. The summed E-state index contributed by atoms with van der Waals surface area (Å²) in [6, 6.07) is 0. The molecular formula is C13H19F5O4. The third kappa shape index (κ3) is 6.57. The summed E-state index contributed by atoms with van der Waals surface area (Å²) in [7, 11) is 0. The molecule has 0 fully saturated rings. The zero-order valence-corrected chi connectivity index (χ0v) is 12.7. The van der Waals surface area contributed by atoms with Crippen molar-refractivity contribution < 1.29 is 41.0 Å². The number of esters is 2. The lowest BCUT2D eigenvalue weighted by Crippen LogP contribution is -2.42. The van der Waals surface area contributed by atoms with Crippen LogP contribution < -0.4 is 0 Å². The van der Waals surface area contributed by atoms with Crippen LogP contribution in [-0.2, 0) is 19.1 Å². The van der Waals surface area contributed by atoms with E-state index in [-0.39, 0.29) is 0 Å². The molecule has 9 heteroatoms. The quantitative estimate of drug-likeness (QED) is 0.528. The fraction of sp³-hybridized carbons (Fsp3) is 0.846. The largest absolute Gasteiger partial charge is 0.459 e. The van der Waals surface area contributed by atoms with E-state index >= 15 is 0 Å². The number of halogens is 5. The first-order valence-corrected chi connectivity index (χ1v) is 6.55. The Morgan fingerprint density at radius 3 is 2.00 bits per heavy atom. The Hall–Kier alpha value is -1.41. The molecule has 0 aliphatic carbocycles. The highest BCUT2D eigenvalue weighted by Gasteiger charge is 2.58.